The first-order valence-electron chi connectivity index (χ1n) is 13.0. The molecule has 1 N–H and O–H groups in total. The first kappa shape index (κ1) is 23.2. The van der Waals surface area contributed by atoms with Crippen LogP contribution in [0.25, 0.3) is 0 Å². The number of carbonyl (C=O) groups is 1. The third-order valence-electron chi connectivity index (χ3n) is 8.08. The zero-order valence-corrected chi connectivity index (χ0v) is 20.9. The van der Waals surface area contributed by atoms with Crippen LogP contribution in [0, 0.1) is 0 Å². The van der Waals surface area contributed by atoms with Gasteiger partial charge in [0, 0.05) is 38.3 Å². The van der Waals surface area contributed by atoms with Gasteiger partial charge in [0.1, 0.15) is 30.3 Å². The largest absolute Gasteiger partial charge is 0.486 e. The van der Waals surface area contributed by atoms with Gasteiger partial charge in [0.25, 0.3) is 0 Å². The Morgan fingerprint density at radius 2 is 2.03 bits per heavy atom. The van der Waals surface area contributed by atoms with E-state index in [1.54, 1.807) is 6.33 Å². The summed E-state index contributed by atoms with van der Waals surface area (Å²) in [6, 6.07) is 7.48. The lowest BCUT2D eigenvalue weighted by Gasteiger charge is -2.50. The molecule has 0 aliphatic carbocycles. The molecule has 1 aromatic heterocycles. The third-order valence-corrected chi connectivity index (χ3v) is 8.08. The standard InChI is InChI=1S/C27H34N6O3/c1-3-25(34)32-14-21(15-32)33-7-6-20(12-18(33)2)19-4-5-24-23(13-19)30-26-22(16-36-24)27(29-17-28-26)31-8-10-35-11-9-31/h3-5,13,17-18,20-21H,1,6-12,14-16H2,2H3,(H,28,29,30). The van der Waals surface area contributed by atoms with Gasteiger partial charge in [-0.25, -0.2) is 9.97 Å². The number of morpholine rings is 1. The van der Waals surface area contributed by atoms with Crippen LogP contribution in [-0.2, 0) is 16.1 Å². The number of fused-ring (bicyclic) bond motifs is 2. The van der Waals surface area contributed by atoms with Gasteiger partial charge in [0.05, 0.1) is 24.5 Å². The van der Waals surface area contributed by atoms with E-state index in [4.69, 9.17) is 9.47 Å². The highest BCUT2D eigenvalue weighted by atomic mass is 16.5. The average molecular weight is 491 g/mol. The number of aromatic nitrogens is 2. The van der Waals surface area contributed by atoms with Gasteiger partial charge < -0.3 is 24.6 Å². The number of rotatable bonds is 4. The first-order chi connectivity index (χ1) is 17.6. The summed E-state index contributed by atoms with van der Waals surface area (Å²) in [5.41, 5.74) is 3.29. The van der Waals surface area contributed by atoms with Crippen molar-refractivity contribution in [3.63, 3.8) is 0 Å². The van der Waals surface area contributed by atoms with Crippen LogP contribution in [0.3, 0.4) is 0 Å². The molecular formula is C27H34N6O3. The molecule has 6 rings (SSSR count). The van der Waals surface area contributed by atoms with Gasteiger partial charge in [-0.15, -0.1) is 0 Å². The number of benzene rings is 1. The summed E-state index contributed by atoms with van der Waals surface area (Å²) in [5.74, 6) is 3.11. The van der Waals surface area contributed by atoms with Crippen LogP contribution in [0.15, 0.2) is 37.2 Å². The molecule has 0 bridgehead atoms. The van der Waals surface area contributed by atoms with E-state index in [0.29, 0.717) is 37.8 Å². The maximum Gasteiger partial charge on any atom is 0.246 e. The van der Waals surface area contributed by atoms with E-state index in [1.807, 2.05) is 4.90 Å². The van der Waals surface area contributed by atoms with Crippen molar-refractivity contribution in [1.82, 2.24) is 19.8 Å². The number of carbonyl (C=O) groups excluding carboxylic acids is 1. The molecule has 1 aromatic carbocycles. The molecule has 2 unspecified atom stereocenters. The van der Waals surface area contributed by atoms with Crippen LogP contribution in [0.4, 0.5) is 17.3 Å². The summed E-state index contributed by atoms with van der Waals surface area (Å²) in [6.07, 6.45) is 5.25. The molecule has 2 atom stereocenters. The normalized spacial score (nSPS) is 24.5. The summed E-state index contributed by atoms with van der Waals surface area (Å²) in [5, 5.41) is 3.55. The van der Waals surface area contributed by atoms with Gasteiger partial charge in [-0.1, -0.05) is 12.6 Å². The van der Waals surface area contributed by atoms with Crippen LogP contribution < -0.4 is 15.0 Å². The summed E-state index contributed by atoms with van der Waals surface area (Å²) < 4.78 is 11.7. The van der Waals surface area contributed by atoms with Gasteiger partial charge in [-0.2, -0.15) is 0 Å². The van der Waals surface area contributed by atoms with Crippen molar-refractivity contribution in [2.75, 3.05) is 56.2 Å². The second kappa shape index (κ2) is 9.71. The Morgan fingerprint density at radius 1 is 1.19 bits per heavy atom. The molecule has 3 saturated heterocycles. The molecular weight excluding hydrogens is 456 g/mol. The molecule has 0 radical (unpaired) electrons. The van der Waals surface area contributed by atoms with Crippen LogP contribution in [-0.4, -0.2) is 83.7 Å². The Morgan fingerprint density at radius 3 is 2.81 bits per heavy atom. The monoisotopic (exact) mass is 490 g/mol. The van der Waals surface area contributed by atoms with Crippen LogP contribution in [0.2, 0.25) is 0 Å². The van der Waals surface area contributed by atoms with E-state index in [0.717, 1.165) is 74.2 Å². The fourth-order valence-corrected chi connectivity index (χ4v) is 6.00. The highest BCUT2D eigenvalue weighted by Gasteiger charge is 2.38. The molecule has 3 fully saturated rings. The van der Waals surface area contributed by atoms with E-state index in [1.165, 1.54) is 11.6 Å². The molecule has 0 spiro atoms. The Bertz CT molecular complexity index is 1140. The highest BCUT2D eigenvalue weighted by Crippen LogP contribution is 2.40. The Kier molecular flexibility index (Phi) is 6.27. The molecule has 36 heavy (non-hydrogen) atoms. The van der Waals surface area contributed by atoms with Gasteiger partial charge in [-0.3, -0.25) is 9.69 Å². The fourth-order valence-electron chi connectivity index (χ4n) is 6.00. The molecule has 2 aromatic rings. The summed E-state index contributed by atoms with van der Waals surface area (Å²) >= 11 is 0. The topological polar surface area (TPSA) is 83.1 Å². The van der Waals surface area contributed by atoms with Crippen molar-refractivity contribution in [3.8, 4) is 5.75 Å². The number of nitrogens with one attached hydrogen (secondary N) is 1. The lowest BCUT2D eigenvalue weighted by molar-refractivity contribution is -0.134. The van der Waals surface area contributed by atoms with Crippen molar-refractivity contribution in [2.45, 2.75) is 44.4 Å². The van der Waals surface area contributed by atoms with E-state index in [-0.39, 0.29) is 5.91 Å². The summed E-state index contributed by atoms with van der Waals surface area (Å²) in [4.78, 5) is 27.7. The Hall–Kier alpha value is -3.17. The Balaban J connectivity index is 1.15. The number of amides is 1. The lowest BCUT2D eigenvalue weighted by Crippen LogP contribution is -2.63. The molecule has 1 amide bonds. The van der Waals surface area contributed by atoms with Crippen molar-refractivity contribution < 1.29 is 14.3 Å². The van der Waals surface area contributed by atoms with E-state index >= 15 is 0 Å². The van der Waals surface area contributed by atoms with Crippen molar-refractivity contribution in [1.29, 1.82) is 0 Å². The SMILES string of the molecule is C=CC(=O)N1CC(N2CCC(c3ccc4c(c3)Nc3ncnc(N5CCOCC5)c3CO4)CC2C)C1. The maximum absolute atomic E-state index is 11.8. The molecule has 4 aliphatic heterocycles. The maximum atomic E-state index is 11.8. The van der Waals surface area contributed by atoms with Gasteiger partial charge in [-0.05, 0) is 56.0 Å². The molecule has 9 nitrogen and oxygen atoms in total. The predicted molar refractivity (Wildman–Crippen MR) is 138 cm³/mol. The zero-order valence-electron chi connectivity index (χ0n) is 20.9. The Labute approximate surface area is 212 Å². The zero-order chi connectivity index (χ0) is 24.6. The van der Waals surface area contributed by atoms with Crippen LogP contribution in [0.1, 0.15) is 36.8 Å². The summed E-state index contributed by atoms with van der Waals surface area (Å²) in [6.45, 7) is 12.1. The van der Waals surface area contributed by atoms with Crippen LogP contribution in [0.5, 0.6) is 5.75 Å². The van der Waals surface area contributed by atoms with E-state index in [2.05, 4.69) is 56.8 Å². The van der Waals surface area contributed by atoms with Gasteiger partial charge >= 0.3 is 0 Å². The van der Waals surface area contributed by atoms with Gasteiger partial charge in [0.15, 0.2) is 0 Å². The fraction of sp³-hybridized carbons (Fsp3) is 0.519. The molecule has 190 valence electrons. The lowest BCUT2D eigenvalue weighted by atomic mass is 9.84. The number of piperidine rings is 1. The molecule has 9 heteroatoms. The number of hydrogen-bond acceptors (Lipinski definition) is 8. The number of anilines is 3. The van der Waals surface area contributed by atoms with Crippen molar-refractivity contribution >= 4 is 23.2 Å². The number of likely N-dealkylation sites (tertiary alicyclic amines) is 2. The first-order valence-corrected chi connectivity index (χ1v) is 13.0. The molecule has 5 heterocycles. The number of ether oxygens (including phenoxy) is 2. The minimum Gasteiger partial charge on any atom is -0.486 e. The number of nitrogens with zero attached hydrogens (tertiary/aromatic N) is 5. The number of hydrogen-bond donors (Lipinski definition) is 1. The van der Waals surface area contributed by atoms with Crippen molar-refractivity contribution in [2.24, 2.45) is 0 Å². The second-order valence-corrected chi connectivity index (χ2v) is 10.2. The third kappa shape index (κ3) is 4.30. The predicted octanol–water partition coefficient (Wildman–Crippen LogP) is 2.91. The highest BCUT2D eigenvalue weighted by molar-refractivity contribution is 5.87. The minimum absolute atomic E-state index is 0.0393. The summed E-state index contributed by atoms with van der Waals surface area (Å²) in [7, 11) is 0. The second-order valence-electron chi connectivity index (χ2n) is 10.2. The van der Waals surface area contributed by atoms with Crippen LogP contribution >= 0.6 is 0 Å². The van der Waals surface area contributed by atoms with Crippen molar-refractivity contribution in [3.05, 3.63) is 48.3 Å². The average Bonchev–Trinajstić information content (AvgIpc) is 3.07. The minimum atomic E-state index is 0.0393. The van der Waals surface area contributed by atoms with Gasteiger partial charge in [0.2, 0.25) is 5.91 Å². The molecule has 0 saturated carbocycles. The smallest absolute Gasteiger partial charge is 0.246 e. The quantitative estimate of drug-likeness (QED) is 0.656. The van der Waals surface area contributed by atoms with E-state index < -0.39 is 0 Å². The molecule has 4 aliphatic rings. The van der Waals surface area contributed by atoms with E-state index in [9.17, 15) is 4.79 Å².